The monoisotopic (exact) mass is 196 g/mol. The lowest BCUT2D eigenvalue weighted by atomic mass is 9.87. The largest absolute Gasteiger partial charge is 0.326 e. The Labute approximate surface area is 87.8 Å². The molecule has 2 aliphatic rings. The predicted molar refractivity (Wildman–Crippen MR) is 60.2 cm³/mol. The van der Waals surface area contributed by atoms with E-state index in [1.54, 1.807) is 0 Å². The molecule has 0 aliphatic heterocycles. The standard InChI is InChI=1S/C12H24N2/c1-4-14(9-5-6-9)10-7-8-12(2,3)11(10)13/h9-11H,4-8,13H2,1-3H3. The van der Waals surface area contributed by atoms with Crippen LogP contribution >= 0.6 is 0 Å². The summed E-state index contributed by atoms with van der Waals surface area (Å²) in [6.07, 6.45) is 5.40. The number of rotatable bonds is 3. The van der Waals surface area contributed by atoms with Crippen LogP contribution in [-0.2, 0) is 0 Å². The van der Waals surface area contributed by atoms with Crippen LogP contribution in [0.4, 0.5) is 0 Å². The summed E-state index contributed by atoms with van der Waals surface area (Å²) in [7, 11) is 0. The first-order valence-corrected chi connectivity index (χ1v) is 6.07. The molecule has 0 saturated heterocycles. The SMILES string of the molecule is CCN(C1CC1)C1CCC(C)(C)C1N. The van der Waals surface area contributed by atoms with Gasteiger partial charge in [-0.15, -0.1) is 0 Å². The Kier molecular flexibility index (Phi) is 2.61. The smallest absolute Gasteiger partial charge is 0.0255 e. The Morgan fingerprint density at radius 3 is 2.29 bits per heavy atom. The molecule has 82 valence electrons. The van der Waals surface area contributed by atoms with Gasteiger partial charge in [-0.1, -0.05) is 20.8 Å². The lowest BCUT2D eigenvalue weighted by molar-refractivity contribution is 0.163. The van der Waals surface area contributed by atoms with Gasteiger partial charge in [0.1, 0.15) is 0 Å². The number of likely N-dealkylation sites (N-methyl/N-ethyl adjacent to an activating group) is 1. The van der Waals surface area contributed by atoms with Gasteiger partial charge in [-0.2, -0.15) is 0 Å². The van der Waals surface area contributed by atoms with Crippen molar-refractivity contribution in [2.75, 3.05) is 6.54 Å². The lowest BCUT2D eigenvalue weighted by Gasteiger charge is -2.34. The highest BCUT2D eigenvalue weighted by atomic mass is 15.2. The van der Waals surface area contributed by atoms with E-state index < -0.39 is 0 Å². The first kappa shape index (κ1) is 10.4. The molecule has 0 amide bonds. The molecule has 14 heavy (non-hydrogen) atoms. The van der Waals surface area contributed by atoms with E-state index in [1.807, 2.05) is 0 Å². The summed E-state index contributed by atoms with van der Waals surface area (Å²) in [5.41, 5.74) is 6.71. The van der Waals surface area contributed by atoms with Crippen molar-refractivity contribution in [2.24, 2.45) is 11.1 Å². The first-order chi connectivity index (χ1) is 6.56. The highest BCUT2D eigenvalue weighted by Gasteiger charge is 2.45. The van der Waals surface area contributed by atoms with Crippen molar-refractivity contribution >= 4 is 0 Å². The van der Waals surface area contributed by atoms with Crippen LogP contribution < -0.4 is 5.73 Å². The zero-order valence-corrected chi connectivity index (χ0v) is 9.79. The van der Waals surface area contributed by atoms with Crippen molar-refractivity contribution in [2.45, 2.75) is 64.6 Å². The molecular formula is C12H24N2. The van der Waals surface area contributed by atoms with Crippen molar-refractivity contribution in [3.05, 3.63) is 0 Å². The molecule has 0 radical (unpaired) electrons. The number of hydrogen-bond donors (Lipinski definition) is 1. The minimum Gasteiger partial charge on any atom is -0.326 e. The van der Waals surface area contributed by atoms with Gasteiger partial charge in [0.25, 0.3) is 0 Å². The third kappa shape index (κ3) is 1.70. The molecule has 0 aromatic rings. The Hall–Kier alpha value is -0.0800. The maximum Gasteiger partial charge on any atom is 0.0255 e. The Morgan fingerprint density at radius 1 is 1.29 bits per heavy atom. The van der Waals surface area contributed by atoms with Gasteiger partial charge in [-0.25, -0.2) is 0 Å². The normalized spacial score (nSPS) is 36.6. The van der Waals surface area contributed by atoms with E-state index in [4.69, 9.17) is 5.73 Å². The maximum absolute atomic E-state index is 6.36. The van der Waals surface area contributed by atoms with Gasteiger partial charge >= 0.3 is 0 Å². The summed E-state index contributed by atoms with van der Waals surface area (Å²) in [5.74, 6) is 0. The zero-order valence-electron chi connectivity index (χ0n) is 9.79. The van der Waals surface area contributed by atoms with Crippen molar-refractivity contribution in [1.29, 1.82) is 0 Å². The van der Waals surface area contributed by atoms with Gasteiger partial charge in [-0.05, 0) is 37.6 Å². The molecule has 2 rings (SSSR count). The number of hydrogen-bond acceptors (Lipinski definition) is 2. The molecule has 2 saturated carbocycles. The molecule has 0 aromatic carbocycles. The molecular weight excluding hydrogens is 172 g/mol. The molecule has 2 nitrogen and oxygen atoms in total. The zero-order chi connectivity index (χ0) is 10.3. The van der Waals surface area contributed by atoms with Crippen LogP contribution in [0.3, 0.4) is 0 Å². The van der Waals surface area contributed by atoms with Gasteiger partial charge in [0.15, 0.2) is 0 Å². The molecule has 2 aliphatic carbocycles. The van der Waals surface area contributed by atoms with Crippen molar-refractivity contribution in [1.82, 2.24) is 4.90 Å². The number of nitrogens with two attached hydrogens (primary N) is 1. The molecule has 2 heteroatoms. The second kappa shape index (κ2) is 3.49. The topological polar surface area (TPSA) is 29.3 Å². The van der Waals surface area contributed by atoms with Crippen LogP contribution in [0.1, 0.15) is 46.5 Å². The quantitative estimate of drug-likeness (QED) is 0.748. The van der Waals surface area contributed by atoms with Crippen LogP contribution in [0.5, 0.6) is 0 Å². The van der Waals surface area contributed by atoms with Crippen LogP contribution in [-0.4, -0.2) is 29.6 Å². The van der Waals surface area contributed by atoms with Crippen molar-refractivity contribution < 1.29 is 0 Å². The minimum atomic E-state index is 0.354. The highest BCUT2D eigenvalue weighted by Crippen LogP contribution is 2.41. The Balaban J connectivity index is 2.03. The van der Waals surface area contributed by atoms with Crippen LogP contribution in [0.2, 0.25) is 0 Å². The molecule has 2 N–H and O–H groups in total. The molecule has 0 aromatic heterocycles. The van der Waals surface area contributed by atoms with Gasteiger partial charge in [-0.3, -0.25) is 4.90 Å². The van der Waals surface area contributed by atoms with E-state index in [0.29, 0.717) is 17.5 Å². The van der Waals surface area contributed by atoms with E-state index in [9.17, 15) is 0 Å². The molecule has 0 heterocycles. The van der Waals surface area contributed by atoms with Gasteiger partial charge in [0, 0.05) is 18.1 Å². The van der Waals surface area contributed by atoms with E-state index >= 15 is 0 Å². The van der Waals surface area contributed by atoms with Crippen molar-refractivity contribution in [3.8, 4) is 0 Å². The fourth-order valence-electron chi connectivity index (χ4n) is 2.93. The maximum atomic E-state index is 6.36. The molecule has 2 unspecified atom stereocenters. The third-order valence-corrected chi connectivity index (χ3v) is 4.21. The van der Waals surface area contributed by atoms with Gasteiger partial charge in [0.05, 0.1) is 0 Å². The molecule has 0 bridgehead atoms. The summed E-state index contributed by atoms with van der Waals surface area (Å²) in [5, 5.41) is 0. The lowest BCUT2D eigenvalue weighted by Crippen LogP contribution is -2.49. The molecule has 0 spiro atoms. The molecule has 2 atom stereocenters. The summed E-state index contributed by atoms with van der Waals surface area (Å²) in [6, 6.07) is 1.90. The average molecular weight is 196 g/mol. The van der Waals surface area contributed by atoms with E-state index in [2.05, 4.69) is 25.7 Å². The van der Waals surface area contributed by atoms with E-state index in [-0.39, 0.29) is 0 Å². The highest BCUT2D eigenvalue weighted by molar-refractivity contribution is 5.02. The van der Waals surface area contributed by atoms with Gasteiger partial charge < -0.3 is 5.73 Å². The number of nitrogens with zero attached hydrogens (tertiary/aromatic N) is 1. The second-order valence-electron chi connectivity index (χ2n) is 5.68. The summed E-state index contributed by atoms with van der Waals surface area (Å²) < 4.78 is 0. The second-order valence-corrected chi connectivity index (χ2v) is 5.68. The molecule has 2 fully saturated rings. The Morgan fingerprint density at radius 2 is 1.93 bits per heavy atom. The first-order valence-electron chi connectivity index (χ1n) is 6.07. The predicted octanol–water partition coefficient (Wildman–Crippen LogP) is 1.99. The van der Waals surface area contributed by atoms with E-state index in [1.165, 1.54) is 32.2 Å². The average Bonchev–Trinajstić information content (AvgIpc) is 2.90. The summed E-state index contributed by atoms with van der Waals surface area (Å²) in [6.45, 7) is 8.09. The van der Waals surface area contributed by atoms with E-state index in [0.717, 1.165) is 6.04 Å². The minimum absolute atomic E-state index is 0.354. The summed E-state index contributed by atoms with van der Waals surface area (Å²) in [4.78, 5) is 2.65. The Bertz CT molecular complexity index is 208. The third-order valence-electron chi connectivity index (χ3n) is 4.21. The fourth-order valence-corrected chi connectivity index (χ4v) is 2.93. The van der Waals surface area contributed by atoms with Gasteiger partial charge in [0.2, 0.25) is 0 Å². The van der Waals surface area contributed by atoms with Crippen LogP contribution in [0.25, 0.3) is 0 Å². The van der Waals surface area contributed by atoms with Crippen LogP contribution in [0, 0.1) is 5.41 Å². The fraction of sp³-hybridized carbons (Fsp3) is 1.00. The summed E-state index contributed by atoms with van der Waals surface area (Å²) >= 11 is 0. The van der Waals surface area contributed by atoms with Crippen LogP contribution in [0.15, 0.2) is 0 Å². The van der Waals surface area contributed by atoms with Crippen molar-refractivity contribution in [3.63, 3.8) is 0 Å².